The Morgan fingerprint density at radius 2 is 2.03 bits per heavy atom. The zero-order valence-corrected chi connectivity index (χ0v) is 16.3. The number of amides is 1. The van der Waals surface area contributed by atoms with E-state index in [-0.39, 0.29) is 29.5 Å². The summed E-state index contributed by atoms with van der Waals surface area (Å²) in [6, 6.07) is 2.62. The van der Waals surface area contributed by atoms with E-state index in [4.69, 9.17) is 0 Å². The Bertz CT molecular complexity index is 1170. The molecule has 1 unspecified atom stereocenters. The van der Waals surface area contributed by atoms with Gasteiger partial charge in [0.15, 0.2) is 5.69 Å². The number of hydrogen-bond donors (Lipinski definition) is 1. The molecule has 4 heterocycles. The molecule has 0 radical (unpaired) electrons. The third kappa shape index (κ3) is 2.90. The standard InChI is InChI=1S/C18H20F2N8O2/c1-11-14(16(30)26-9-7-25(8-10-26)13-4-5-18(13,19)20)22-24-28(11)17-21-15(29)12-3-2-6-27(12)23-17/h2-3,6,13H,4-5,7-10H2,1H3,(H,21,23,29). The van der Waals surface area contributed by atoms with Gasteiger partial charge in [0.1, 0.15) is 5.52 Å². The maximum atomic E-state index is 13.7. The molecule has 2 fully saturated rings. The number of rotatable bonds is 3. The molecule has 2 aliphatic rings. The molecule has 5 rings (SSSR count). The van der Waals surface area contributed by atoms with Crippen molar-refractivity contribution in [2.45, 2.75) is 31.7 Å². The maximum absolute atomic E-state index is 13.7. The molecule has 1 aliphatic heterocycles. The van der Waals surface area contributed by atoms with Crippen molar-refractivity contribution >= 4 is 11.4 Å². The summed E-state index contributed by atoms with van der Waals surface area (Å²) in [6.45, 7) is 3.17. The van der Waals surface area contributed by atoms with Gasteiger partial charge >= 0.3 is 0 Å². The Morgan fingerprint density at radius 1 is 1.27 bits per heavy atom. The lowest BCUT2D eigenvalue weighted by atomic mass is 9.86. The summed E-state index contributed by atoms with van der Waals surface area (Å²) < 4.78 is 30.0. The van der Waals surface area contributed by atoms with Crippen LogP contribution in [0.4, 0.5) is 8.78 Å². The van der Waals surface area contributed by atoms with Crippen molar-refractivity contribution in [3.8, 4) is 5.95 Å². The zero-order chi connectivity index (χ0) is 21.0. The molecular weight excluding hydrogens is 398 g/mol. The normalized spacial score (nSPS) is 21.7. The number of aromatic nitrogens is 6. The number of carbonyl (C=O) groups is 1. The topological polar surface area (TPSA) is 104 Å². The van der Waals surface area contributed by atoms with E-state index in [1.165, 1.54) is 9.20 Å². The molecule has 1 aliphatic carbocycles. The molecule has 10 nitrogen and oxygen atoms in total. The summed E-state index contributed by atoms with van der Waals surface area (Å²) >= 11 is 0. The van der Waals surface area contributed by atoms with Crippen LogP contribution in [0.2, 0.25) is 0 Å². The summed E-state index contributed by atoms with van der Waals surface area (Å²) in [4.78, 5) is 31.1. The second-order valence-corrected chi connectivity index (χ2v) is 7.69. The van der Waals surface area contributed by atoms with Crippen molar-refractivity contribution in [1.82, 2.24) is 39.4 Å². The summed E-state index contributed by atoms with van der Waals surface area (Å²) in [5.74, 6) is -2.80. The van der Waals surface area contributed by atoms with Gasteiger partial charge in [0.05, 0.1) is 11.7 Å². The largest absolute Gasteiger partial charge is 0.335 e. The van der Waals surface area contributed by atoms with Crippen molar-refractivity contribution in [2.24, 2.45) is 0 Å². The number of aromatic amines is 1. The van der Waals surface area contributed by atoms with E-state index in [2.05, 4.69) is 20.4 Å². The predicted molar refractivity (Wildman–Crippen MR) is 101 cm³/mol. The number of piperazine rings is 1. The van der Waals surface area contributed by atoms with Crippen molar-refractivity contribution in [3.05, 3.63) is 40.1 Å². The van der Waals surface area contributed by atoms with E-state index in [0.717, 1.165) is 0 Å². The lowest BCUT2D eigenvalue weighted by Gasteiger charge is -2.47. The Balaban J connectivity index is 1.34. The fourth-order valence-corrected chi connectivity index (χ4v) is 4.08. The van der Waals surface area contributed by atoms with Crippen LogP contribution in [0.3, 0.4) is 0 Å². The molecule has 1 N–H and O–H groups in total. The average Bonchev–Trinajstić information content (AvgIpc) is 3.34. The van der Waals surface area contributed by atoms with Gasteiger partial charge in [-0.15, -0.1) is 10.2 Å². The molecule has 0 spiro atoms. The first kappa shape index (κ1) is 18.9. The van der Waals surface area contributed by atoms with Crippen LogP contribution in [0.5, 0.6) is 0 Å². The number of fused-ring (bicyclic) bond motifs is 1. The van der Waals surface area contributed by atoms with Crippen LogP contribution < -0.4 is 5.56 Å². The summed E-state index contributed by atoms with van der Waals surface area (Å²) in [7, 11) is 0. The highest BCUT2D eigenvalue weighted by molar-refractivity contribution is 5.93. The predicted octanol–water partition coefficient (Wildman–Crippen LogP) is 0.467. The Hall–Kier alpha value is -3.15. The van der Waals surface area contributed by atoms with E-state index < -0.39 is 12.0 Å². The van der Waals surface area contributed by atoms with Gasteiger partial charge in [0.2, 0.25) is 0 Å². The van der Waals surface area contributed by atoms with Gasteiger partial charge in [-0.05, 0) is 25.5 Å². The molecular formula is C18H20F2N8O2. The van der Waals surface area contributed by atoms with Crippen LogP contribution in [0.1, 0.15) is 29.0 Å². The number of alkyl halides is 2. The fourth-order valence-electron chi connectivity index (χ4n) is 4.08. The quantitative estimate of drug-likeness (QED) is 0.663. The minimum atomic E-state index is -2.63. The third-order valence-electron chi connectivity index (χ3n) is 5.97. The van der Waals surface area contributed by atoms with Gasteiger partial charge in [0, 0.05) is 38.8 Å². The van der Waals surface area contributed by atoms with Crippen molar-refractivity contribution in [1.29, 1.82) is 0 Å². The highest BCUT2D eigenvalue weighted by Crippen LogP contribution is 2.41. The van der Waals surface area contributed by atoms with E-state index in [1.807, 2.05) is 0 Å². The number of hydrogen-bond acceptors (Lipinski definition) is 6. The van der Waals surface area contributed by atoms with E-state index in [0.29, 0.717) is 43.8 Å². The molecule has 3 aromatic rings. The average molecular weight is 418 g/mol. The lowest BCUT2D eigenvalue weighted by Crippen LogP contribution is -2.60. The van der Waals surface area contributed by atoms with Crippen LogP contribution in [0.25, 0.3) is 11.5 Å². The Labute approximate surface area is 169 Å². The number of H-pyrrole nitrogens is 1. The highest BCUT2D eigenvalue weighted by Gasteiger charge is 2.51. The first-order chi connectivity index (χ1) is 14.3. The number of halogens is 2. The number of nitrogens with one attached hydrogen (secondary N) is 1. The van der Waals surface area contributed by atoms with Gasteiger partial charge < -0.3 is 4.90 Å². The summed E-state index contributed by atoms with van der Waals surface area (Å²) in [6.07, 6.45) is 2.06. The minimum absolute atomic E-state index is 0.0654. The zero-order valence-electron chi connectivity index (χ0n) is 16.3. The highest BCUT2D eigenvalue weighted by atomic mass is 19.3. The fraction of sp³-hybridized carbons (Fsp3) is 0.500. The lowest BCUT2D eigenvalue weighted by molar-refractivity contribution is -0.154. The van der Waals surface area contributed by atoms with Gasteiger partial charge in [-0.25, -0.2) is 13.3 Å². The molecule has 1 amide bonds. The van der Waals surface area contributed by atoms with Gasteiger partial charge in [0.25, 0.3) is 23.3 Å². The van der Waals surface area contributed by atoms with Gasteiger partial charge in [-0.1, -0.05) is 5.21 Å². The Kier molecular flexibility index (Phi) is 4.20. The summed E-state index contributed by atoms with van der Waals surface area (Å²) in [5, 5.41) is 12.3. The smallest absolute Gasteiger partial charge is 0.276 e. The Morgan fingerprint density at radius 3 is 2.70 bits per heavy atom. The third-order valence-corrected chi connectivity index (χ3v) is 5.97. The van der Waals surface area contributed by atoms with E-state index in [1.54, 1.807) is 35.1 Å². The monoisotopic (exact) mass is 418 g/mol. The van der Waals surface area contributed by atoms with Crippen LogP contribution >= 0.6 is 0 Å². The first-order valence-electron chi connectivity index (χ1n) is 9.76. The molecule has 0 bridgehead atoms. The minimum Gasteiger partial charge on any atom is -0.335 e. The molecule has 30 heavy (non-hydrogen) atoms. The maximum Gasteiger partial charge on any atom is 0.276 e. The van der Waals surface area contributed by atoms with Crippen molar-refractivity contribution < 1.29 is 13.6 Å². The number of carbonyl (C=O) groups excluding carboxylic acids is 1. The molecule has 158 valence electrons. The van der Waals surface area contributed by atoms with Crippen LogP contribution in [0, 0.1) is 6.92 Å². The van der Waals surface area contributed by atoms with Crippen molar-refractivity contribution in [3.63, 3.8) is 0 Å². The van der Waals surface area contributed by atoms with E-state index >= 15 is 0 Å². The van der Waals surface area contributed by atoms with Crippen LogP contribution in [-0.4, -0.2) is 83.4 Å². The van der Waals surface area contributed by atoms with Gasteiger partial charge in [-0.2, -0.15) is 4.68 Å². The van der Waals surface area contributed by atoms with Gasteiger partial charge in [-0.3, -0.25) is 19.5 Å². The van der Waals surface area contributed by atoms with E-state index in [9.17, 15) is 18.4 Å². The molecule has 1 saturated heterocycles. The van der Waals surface area contributed by atoms with Crippen molar-refractivity contribution in [2.75, 3.05) is 26.2 Å². The van der Waals surface area contributed by atoms with Crippen LogP contribution in [-0.2, 0) is 0 Å². The first-order valence-corrected chi connectivity index (χ1v) is 9.76. The second-order valence-electron chi connectivity index (χ2n) is 7.69. The number of nitrogens with zero attached hydrogens (tertiary/aromatic N) is 7. The second kappa shape index (κ2) is 6.69. The molecule has 0 aromatic carbocycles. The molecule has 1 saturated carbocycles. The SMILES string of the molecule is Cc1c(C(=O)N2CCN(C3CCC3(F)F)CC2)nnn1-c1nn2cccc2c(=O)[nH]1. The molecule has 3 aromatic heterocycles. The molecule has 1 atom stereocenters. The van der Waals surface area contributed by atoms with Crippen LogP contribution in [0.15, 0.2) is 23.1 Å². The summed E-state index contributed by atoms with van der Waals surface area (Å²) in [5.41, 5.74) is 0.634. The molecule has 12 heteroatoms.